The fourth-order valence-corrected chi connectivity index (χ4v) is 1.59. The molecule has 6 heteroatoms. The van der Waals surface area contributed by atoms with Crippen LogP contribution in [0.2, 0.25) is 5.02 Å². The van der Waals surface area contributed by atoms with Crippen LogP contribution in [0, 0.1) is 11.6 Å². The Morgan fingerprint density at radius 3 is 2.55 bits per heavy atom. The van der Waals surface area contributed by atoms with Crippen LogP contribution < -0.4 is 10.1 Å². The zero-order valence-corrected chi connectivity index (χ0v) is 11.0. The van der Waals surface area contributed by atoms with Crippen molar-refractivity contribution in [3.8, 4) is 5.75 Å². The molecule has 0 unspecified atom stereocenters. The van der Waals surface area contributed by atoms with Gasteiger partial charge in [-0.05, 0) is 36.4 Å². The molecule has 104 valence electrons. The standard InChI is InChI=1S/C14H10ClF2NO2/c15-9-1-4-11(5-2-9)20-8-14(19)18-13-7-10(16)3-6-12(13)17/h1-7H,8H2,(H,18,19). The predicted octanol–water partition coefficient (Wildman–Crippen LogP) is 3.64. The molecule has 0 saturated carbocycles. The summed E-state index contributed by atoms with van der Waals surface area (Å²) in [5.41, 5.74) is -0.227. The molecule has 1 amide bonds. The van der Waals surface area contributed by atoms with Gasteiger partial charge in [0, 0.05) is 11.1 Å². The lowest BCUT2D eigenvalue weighted by Gasteiger charge is -2.08. The van der Waals surface area contributed by atoms with Crippen LogP contribution in [0.5, 0.6) is 5.75 Å². The highest BCUT2D eigenvalue weighted by atomic mass is 35.5. The van der Waals surface area contributed by atoms with Gasteiger partial charge in [0.1, 0.15) is 17.4 Å². The Labute approximate surface area is 119 Å². The first-order valence-electron chi connectivity index (χ1n) is 5.68. The molecule has 2 aromatic rings. The number of nitrogens with one attached hydrogen (secondary N) is 1. The third kappa shape index (κ3) is 3.93. The molecule has 0 spiro atoms. The van der Waals surface area contributed by atoms with E-state index < -0.39 is 17.5 Å². The minimum Gasteiger partial charge on any atom is -0.484 e. The fourth-order valence-electron chi connectivity index (χ4n) is 1.46. The maximum absolute atomic E-state index is 13.3. The van der Waals surface area contributed by atoms with Crippen molar-refractivity contribution in [2.24, 2.45) is 0 Å². The van der Waals surface area contributed by atoms with Crippen molar-refractivity contribution in [2.75, 3.05) is 11.9 Å². The molecule has 0 saturated heterocycles. The number of hydrogen-bond acceptors (Lipinski definition) is 2. The summed E-state index contributed by atoms with van der Waals surface area (Å²) < 4.78 is 31.4. The molecule has 0 fully saturated rings. The Morgan fingerprint density at radius 1 is 1.15 bits per heavy atom. The van der Waals surface area contributed by atoms with Crippen LogP contribution in [-0.2, 0) is 4.79 Å². The average Bonchev–Trinajstić information content (AvgIpc) is 2.42. The first-order valence-corrected chi connectivity index (χ1v) is 6.05. The van der Waals surface area contributed by atoms with Crippen molar-refractivity contribution in [3.63, 3.8) is 0 Å². The van der Waals surface area contributed by atoms with Gasteiger partial charge in [0.25, 0.3) is 5.91 Å². The van der Waals surface area contributed by atoms with E-state index >= 15 is 0 Å². The van der Waals surface area contributed by atoms with E-state index in [0.29, 0.717) is 10.8 Å². The van der Waals surface area contributed by atoms with Crippen LogP contribution in [0.3, 0.4) is 0 Å². The Balaban J connectivity index is 1.92. The summed E-state index contributed by atoms with van der Waals surface area (Å²) in [4.78, 5) is 11.6. The molecule has 0 aliphatic rings. The lowest BCUT2D eigenvalue weighted by atomic mass is 10.3. The molecule has 0 aliphatic carbocycles. The smallest absolute Gasteiger partial charge is 0.262 e. The van der Waals surface area contributed by atoms with E-state index in [9.17, 15) is 13.6 Å². The van der Waals surface area contributed by atoms with Gasteiger partial charge >= 0.3 is 0 Å². The van der Waals surface area contributed by atoms with Crippen molar-refractivity contribution in [1.82, 2.24) is 0 Å². The summed E-state index contributed by atoms with van der Waals surface area (Å²) in [5, 5.41) is 2.77. The lowest BCUT2D eigenvalue weighted by Crippen LogP contribution is -2.20. The molecule has 2 aromatic carbocycles. The first kappa shape index (κ1) is 14.3. The normalized spacial score (nSPS) is 10.2. The van der Waals surface area contributed by atoms with Gasteiger partial charge in [0.15, 0.2) is 6.61 Å². The van der Waals surface area contributed by atoms with Crippen molar-refractivity contribution >= 4 is 23.2 Å². The van der Waals surface area contributed by atoms with Gasteiger partial charge in [-0.25, -0.2) is 8.78 Å². The van der Waals surface area contributed by atoms with Crippen LogP contribution in [0.15, 0.2) is 42.5 Å². The van der Waals surface area contributed by atoms with Crippen molar-refractivity contribution in [2.45, 2.75) is 0 Å². The summed E-state index contributed by atoms with van der Waals surface area (Å²) in [6.07, 6.45) is 0. The Kier molecular flexibility index (Phi) is 4.53. The molecule has 3 nitrogen and oxygen atoms in total. The highest BCUT2D eigenvalue weighted by Crippen LogP contribution is 2.17. The van der Waals surface area contributed by atoms with E-state index in [4.69, 9.17) is 16.3 Å². The fraction of sp³-hybridized carbons (Fsp3) is 0.0714. The van der Waals surface area contributed by atoms with Crippen LogP contribution >= 0.6 is 11.6 Å². The second kappa shape index (κ2) is 6.34. The highest BCUT2D eigenvalue weighted by molar-refractivity contribution is 6.30. The third-order valence-electron chi connectivity index (χ3n) is 2.39. The minimum atomic E-state index is -0.716. The van der Waals surface area contributed by atoms with E-state index in [1.54, 1.807) is 24.3 Å². The van der Waals surface area contributed by atoms with Gasteiger partial charge in [-0.2, -0.15) is 0 Å². The van der Waals surface area contributed by atoms with E-state index in [-0.39, 0.29) is 12.3 Å². The first-order chi connectivity index (χ1) is 9.54. The molecule has 1 N–H and O–H groups in total. The average molecular weight is 298 g/mol. The van der Waals surface area contributed by atoms with E-state index in [1.165, 1.54) is 0 Å². The van der Waals surface area contributed by atoms with Crippen LogP contribution in [0.25, 0.3) is 0 Å². The molecular weight excluding hydrogens is 288 g/mol. The second-order valence-electron chi connectivity index (χ2n) is 3.91. The van der Waals surface area contributed by atoms with Crippen molar-refractivity contribution < 1.29 is 18.3 Å². The maximum Gasteiger partial charge on any atom is 0.262 e. The van der Waals surface area contributed by atoms with E-state index in [2.05, 4.69) is 5.32 Å². The topological polar surface area (TPSA) is 38.3 Å². The van der Waals surface area contributed by atoms with E-state index in [1.807, 2.05) is 0 Å². The van der Waals surface area contributed by atoms with Crippen molar-refractivity contribution in [3.05, 3.63) is 59.1 Å². The van der Waals surface area contributed by atoms with Crippen LogP contribution in [0.4, 0.5) is 14.5 Å². The quantitative estimate of drug-likeness (QED) is 0.936. The van der Waals surface area contributed by atoms with Gasteiger partial charge in [-0.1, -0.05) is 11.6 Å². The molecule has 2 rings (SSSR count). The zero-order valence-electron chi connectivity index (χ0n) is 10.2. The maximum atomic E-state index is 13.3. The summed E-state index contributed by atoms with van der Waals surface area (Å²) in [5.74, 6) is -1.50. The number of anilines is 1. The number of ether oxygens (including phenoxy) is 1. The Hall–Kier alpha value is -2.14. The van der Waals surface area contributed by atoms with Gasteiger partial charge < -0.3 is 10.1 Å². The zero-order chi connectivity index (χ0) is 14.5. The molecule has 0 heterocycles. The monoisotopic (exact) mass is 297 g/mol. The minimum absolute atomic E-state index is 0.227. The molecule has 0 aromatic heterocycles. The van der Waals surface area contributed by atoms with Gasteiger partial charge in [-0.15, -0.1) is 0 Å². The molecule has 0 atom stereocenters. The number of amides is 1. The molecular formula is C14H10ClF2NO2. The highest BCUT2D eigenvalue weighted by Gasteiger charge is 2.08. The molecule has 0 bridgehead atoms. The predicted molar refractivity (Wildman–Crippen MR) is 71.9 cm³/mol. The summed E-state index contributed by atoms with van der Waals surface area (Å²) in [6.45, 7) is -0.322. The third-order valence-corrected chi connectivity index (χ3v) is 2.64. The van der Waals surface area contributed by atoms with Crippen LogP contribution in [0.1, 0.15) is 0 Å². The Bertz CT molecular complexity index is 617. The Morgan fingerprint density at radius 2 is 1.85 bits per heavy atom. The summed E-state index contributed by atoms with van der Waals surface area (Å²) >= 11 is 5.70. The number of hydrogen-bond donors (Lipinski definition) is 1. The number of benzene rings is 2. The largest absolute Gasteiger partial charge is 0.484 e. The number of carbonyl (C=O) groups is 1. The van der Waals surface area contributed by atoms with Gasteiger partial charge in [0.05, 0.1) is 5.69 Å². The number of carbonyl (C=O) groups excluding carboxylic acids is 1. The SMILES string of the molecule is O=C(COc1ccc(Cl)cc1)Nc1cc(F)ccc1F. The molecule has 0 radical (unpaired) electrons. The molecule has 20 heavy (non-hydrogen) atoms. The second-order valence-corrected chi connectivity index (χ2v) is 4.35. The van der Waals surface area contributed by atoms with Crippen molar-refractivity contribution in [1.29, 1.82) is 0 Å². The lowest BCUT2D eigenvalue weighted by molar-refractivity contribution is -0.118. The number of rotatable bonds is 4. The van der Waals surface area contributed by atoms with E-state index in [0.717, 1.165) is 18.2 Å². The molecule has 0 aliphatic heterocycles. The summed E-state index contributed by atoms with van der Waals surface area (Å²) in [6, 6.07) is 9.22. The van der Waals surface area contributed by atoms with Gasteiger partial charge in [-0.3, -0.25) is 4.79 Å². The van der Waals surface area contributed by atoms with Crippen LogP contribution in [-0.4, -0.2) is 12.5 Å². The summed E-state index contributed by atoms with van der Waals surface area (Å²) in [7, 11) is 0. The number of halogens is 3. The van der Waals surface area contributed by atoms with Gasteiger partial charge in [0.2, 0.25) is 0 Å².